The second-order valence-corrected chi connectivity index (χ2v) is 9.14. The van der Waals surface area contributed by atoms with Gasteiger partial charge in [-0.25, -0.2) is 14.1 Å². The molecule has 5 rings (SSSR count). The summed E-state index contributed by atoms with van der Waals surface area (Å²) in [5.74, 6) is 1.27. The number of benzene rings is 2. The van der Waals surface area contributed by atoms with Crippen LogP contribution in [0.1, 0.15) is 18.1 Å². The summed E-state index contributed by atoms with van der Waals surface area (Å²) in [6.07, 6.45) is 0. The Bertz CT molecular complexity index is 1140. The summed E-state index contributed by atoms with van der Waals surface area (Å²) in [5, 5.41) is 2.86. The molecule has 2 saturated heterocycles. The van der Waals surface area contributed by atoms with Gasteiger partial charge in [-0.15, -0.1) is 0 Å². The predicted molar refractivity (Wildman–Crippen MR) is 125 cm³/mol. The Morgan fingerprint density at radius 2 is 1.71 bits per heavy atom. The van der Waals surface area contributed by atoms with E-state index in [2.05, 4.69) is 15.1 Å². The minimum Gasteiger partial charge on any atom is -0.496 e. The fraction of sp³-hybridized carbons (Fsp3) is 0.440. The van der Waals surface area contributed by atoms with E-state index >= 15 is 0 Å². The Morgan fingerprint density at radius 1 is 1.00 bits per heavy atom. The molecule has 0 bridgehead atoms. The number of rotatable bonds is 6. The zero-order chi connectivity index (χ0) is 24.6. The number of halogens is 1. The third-order valence-corrected chi connectivity index (χ3v) is 6.84. The van der Waals surface area contributed by atoms with Gasteiger partial charge in [0.25, 0.3) is 5.91 Å². The highest BCUT2D eigenvalue weighted by Crippen LogP contribution is 2.37. The highest BCUT2D eigenvalue weighted by Gasteiger charge is 2.49. The van der Waals surface area contributed by atoms with Crippen LogP contribution in [0.3, 0.4) is 0 Å². The Kier molecular flexibility index (Phi) is 6.24. The number of ether oxygens (including phenoxy) is 3. The first-order chi connectivity index (χ1) is 16.9. The molecule has 3 aliphatic heterocycles. The van der Waals surface area contributed by atoms with E-state index in [-0.39, 0.29) is 18.4 Å². The van der Waals surface area contributed by atoms with Crippen molar-refractivity contribution in [1.82, 2.24) is 20.0 Å². The lowest BCUT2D eigenvalue weighted by Crippen LogP contribution is -2.51. The third kappa shape index (κ3) is 4.51. The molecule has 3 aliphatic rings. The van der Waals surface area contributed by atoms with Crippen LogP contribution in [0.25, 0.3) is 0 Å². The largest absolute Gasteiger partial charge is 0.496 e. The zero-order valence-corrected chi connectivity index (χ0v) is 19.9. The molecule has 1 N–H and O–H groups in total. The molecule has 0 aliphatic carbocycles. The fourth-order valence-corrected chi connectivity index (χ4v) is 4.78. The van der Waals surface area contributed by atoms with E-state index in [1.807, 2.05) is 0 Å². The number of carbonyl (C=O) groups is 2. The molecule has 2 aromatic rings. The van der Waals surface area contributed by atoms with Crippen LogP contribution in [0.15, 0.2) is 36.4 Å². The minimum absolute atomic E-state index is 0.210. The highest BCUT2D eigenvalue weighted by molar-refractivity contribution is 6.07. The molecule has 0 saturated carbocycles. The molecule has 186 valence electrons. The summed E-state index contributed by atoms with van der Waals surface area (Å²) in [5.41, 5.74) is 0.268. The molecule has 35 heavy (non-hydrogen) atoms. The molecule has 3 amide bonds. The average molecular weight is 485 g/mol. The van der Waals surface area contributed by atoms with Gasteiger partial charge >= 0.3 is 6.03 Å². The number of nitrogens with one attached hydrogen (secondary N) is 1. The number of carbonyl (C=O) groups excluding carboxylic acids is 2. The van der Waals surface area contributed by atoms with E-state index in [9.17, 15) is 14.0 Å². The van der Waals surface area contributed by atoms with Gasteiger partial charge in [0.15, 0.2) is 11.5 Å². The topological polar surface area (TPSA) is 83.6 Å². The van der Waals surface area contributed by atoms with Crippen molar-refractivity contribution in [3.8, 4) is 17.2 Å². The molecule has 1 atom stereocenters. The van der Waals surface area contributed by atoms with E-state index in [4.69, 9.17) is 14.2 Å². The van der Waals surface area contributed by atoms with Crippen molar-refractivity contribution in [2.75, 3.05) is 53.2 Å². The summed E-state index contributed by atoms with van der Waals surface area (Å²) in [6, 6.07) is 9.42. The number of amides is 3. The summed E-state index contributed by atoms with van der Waals surface area (Å²) in [6.45, 7) is 6.22. The number of piperazine rings is 1. The van der Waals surface area contributed by atoms with E-state index in [0.717, 1.165) is 18.7 Å². The van der Waals surface area contributed by atoms with Crippen molar-refractivity contribution < 1.29 is 28.2 Å². The van der Waals surface area contributed by atoms with Crippen molar-refractivity contribution >= 4 is 11.9 Å². The normalized spacial score (nSPS) is 22.9. The van der Waals surface area contributed by atoms with Crippen LogP contribution in [-0.2, 0) is 16.9 Å². The van der Waals surface area contributed by atoms with Gasteiger partial charge in [-0.1, -0.05) is 6.07 Å². The Balaban J connectivity index is 1.21. The van der Waals surface area contributed by atoms with Gasteiger partial charge in [-0.3, -0.25) is 14.6 Å². The quantitative estimate of drug-likeness (QED) is 0.629. The average Bonchev–Trinajstić information content (AvgIpc) is 3.09. The molecule has 0 aromatic heterocycles. The third-order valence-electron chi connectivity index (χ3n) is 6.84. The van der Waals surface area contributed by atoms with Crippen molar-refractivity contribution in [2.24, 2.45) is 0 Å². The first-order valence-corrected chi connectivity index (χ1v) is 11.7. The van der Waals surface area contributed by atoms with Gasteiger partial charge in [-0.2, -0.15) is 0 Å². The second-order valence-electron chi connectivity index (χ2n) is 9.14. The fourth-order valence-electron chi connectivity index (χ4n) is 4.78. The lowest BCUT2D eigenvalue weighted by atomic mass is 9.91. The number of hydrogen-bond acceptors (Lipinski definition) is 7. The molecule has 0 radical (unpaired) electrons. The summed E-state index contributed by atoms with van der Waals surface area (Å²) < 4.78 is 30.3. The monoisotopic (exact) mass is 484 g/mol. The summed E-state index contributed by atoms with van der Waals surface area (Å²) in [7, 11) is 1.57. The van der Waals surface area contributed by atoms with Crippen LogP contribution in [0, 0.1) is 5.82 Å². The van der Waals surface area contributed by atoms with Crippen molar-refractivity contribution in [2.45, 2.75) is 19.0 Å². The molecule has 9 nitrogen and oxygen atoms in total. The predicted octanol–water partition coefficient (Wildman–Crippen LogP) is 2.15. The maximum atomic E-state index is 13.7. The van der Waals surface area contributed by atoms with E-state index < -0.39 is 11.6 Å². The first-order valence-electron chi connectivity index (χ1n) is 11.7. The van der Waals surface area contributed by atoms with Gasteiger partial charge in [0.1, 0.15) is 30.3 Å². The highest BCUT2D eigenvalue weighted by atomic mass is 19.1. The standard InChI is InChI=1S/C25H29FN4O5/c1-25(18-3-5-21-22(14-18)35-12-11-34-21)23(31)30(24(32)27-25)16-29-9-7-28(8-10-29)15-17-13-19(26)4-6-20(17)33-2/h3-6,13-14H,7-12,15-16H2,1-2H3,(H,27,32)/t25-/m1/s1. The minimum atomic E-state index is -1.18. The Morgan fingerprint density at radius 3 is 2.46 bits per heavy atom. The van der Waals surface area contributed by atoms with Crippen molar-refractivity contribution in [3.05, 3.63) is 53.3 Å². The number of urea groups is 1. The van der Waals surface area contributed by atoms with E-state index in [1.54, 1.807) is 38.3 Å². The van der Waals surface area contributed by atoms with E-state index in [1.165, 1.54) is 17.0 Å². The molecule has 3 heterocycles. The number of nitrogens with zero attached hydrogens (tertiary/aromatic N) is 3. The number of hydrogen-bond donors (Lipinski definition) is 1. The van der Waals surface area contributed by atoms with Gasteiger partial charge in [0, 0.05) is 38.3 Å². The van der Waals surface area contributed by atoms with Gasteiger partial charge in [0.05, 0.1) is 13.8 Å². The second kappa shape index (κ2) is 9.35. The summed E-state index contributed by atoms with van der Waals surface area (Å²) in [4.78, 5) is 31.7. The number of fused-ring (bicyclic) bond motifs is 1. The van der Waals surface area contributed by atoms with Gasteiger partial charge in [0.2, 0.25) is 0 Å². The lowest BCUT2D eigenvalue weighted by molar-refractivity contribution is -0.132. The zero-order valence-electron chi connectivity index (χ0n) is 19.9. The molecule has 10 heteroatoms. The Labute approximate surface area is 203 Å². The smallest absolute Gasteiger partial charge is 0.326 e. The number of imide groups is 1. The maximum absolute atomic E-state index is 13.7. The molecule has 0 spiro atoms. The van der Waals surface area contributed by atoms with E-state index in [0.29, 0.717) is 55.7 Å². The molecule has 0 unspecified atom stereocenters. The Hall–Kier alpha value is -3.37. The van der Waals surface area contributed by atoms with Crippen LogP contribution in [0.4, 0.5) is 9.18 Å². The first kappa shape index (κ1) is 23.4. The van der Waals surface area contributed by atoms with Crippen molar-refractivity contribution in [1.29, 1.82) is 0 Å². The van der Waals surface area contributed by atoms with Crippen LogP contribution in [0.2, 0.25) is 0 Å². The molecule has 2 aromatic carbocycles. The SMILES string of the molecule is COc1ccc(F)cc1CN1CCN(CN2C(=O)N[C@](C)(c3ccc4c(c3)OCCO4)C2=O)CC1. The van der Waals surface area contributed by atoms with Crippen LogP contribution >= 0.6 is 0 Å². The molecular weight excluding hydrogens is 455 g/mol. The lowest BCUT2D eigenvalue weighted by Gasteiger charge is -2.36. The van der Waals surface area contributed by atoms with Crippen LogP contribution < -0.4 is 19.5 Å². The van der Waals surface area contributed by atoms with Gasteiger partial charge < -0.3 is 19.5 Å². The van der Waals surface area contributed by atoms with Crippen LogP contribution in [0.5, 0.6) is 17.2 Å². The maximum Gasteiger partial charge on any atom is 0.326 e. The van der Waals surface area contributed by atoms with Crippen molar-refractivity contribution in [3.63, 3.8) is 0 Å². The molecular formula is C25H29FN4O5. The summed E-state index contributed by atoms with van der Waals surface area (Å²) >= 11 is 0. The van der Waals surface area contributed by atoms with Gasteiger partial charge in [-0.05, 0) is 42.8 Å². The number of methoxy groups -OCH3 is 1. The molecule has 2 fully saturated rings. The van der Waals surface area contributed by atoms with Crippen LogP contribution in [-0.4, -0.2) is 79.8 Å².